The summed E-state index contributed by atoms with van der Waals surface area (Å²) in [5.41, 5.74) is 0. The van der Waals surface area contributed by atoms with Gasteiger partial charge in [-0.05, 0) is 30.2 Å². The van der Waals surface area contributed by atoms with Crippen molar-refractivity contribution < 1.29 is 0 Å². The highest BCUT2D eigenvalue weighted by atomic mass is 35.5. The lowest BCUT2D eigenvalue weighted by molar-refractivity contribution is 0.162. The highest BCUT2D eigenvalue weighted by molar-refractivity contribution is 7.10. The van der Waals surface area contributed by atoms with Crippen molar-refractivity contribution in [3.63, 3.8) is 0 Å². The summed E-state index contributed by atoms with van der Waals surface area (Å²) in [4.78, 5) is 4.21. The Morgan fingerprint density at radius 1 is 1.21 bits per heavy atom. The lowest BCUT2D eigenvalue weighted by Gasteiger charge is -2.34. The minimum atomic E-state index is 0. The Morgan fingerprint density at radius 3 is 2.42 bits per heavy atom. The summed E-state index contributed by atoms with van der Waals surface area (Å²) in [7, 11) is 0. The van der Waals surface area contributed by atoms with Gasteiger partial charge in [0.25, 0.3) is 0 Å². The second-order valence-electron chi connectivity index (χ2n) is 5.29. The summed E-state index contributed by atoms with van der Waals surface area (Å²) < 4.78 is 0. The van der Waals surface area contributed by atoms with Crippen LogP contribution in [0, 0.1) is 5.92 Å². The summed E-state index contributed by atoms with van der Waals surface area (Å²) >= 11 is 1.91. The molecular weight excluding hydrogens is 299 g/mol. The molecular formula is C14H26Cl2N2S. The predicted molar refractivity (Wildman–Crippen MR) is 90.1 cm³/mol. The molecule has 0 unspecified atom stereocenters. The molecule has 1 aromatic rings. The van der Waals surface area contributed by atoms with Crippen LogP contribution in [0.1, 0.15) is 37.6 Å². The molecule has 0 amide bonds. The zero-order valence-electron chi connectivity index (χ0n) is 11.8. The molecule has 0 bridgehead atoms. The Hall–Kier alpha value is 0.200. The lowest BCUT2D eigenvalue weighted by atomic mass is 10.0. The van der Waals surface area contributed by atoms with E-state index in [9.17, 15) is 0 Å². The van der Waals surface area contributed by atoms with Gasteiger partial charge in [-0.1, -0.05) is 19.9 Å². The van der Waals surface area contributed by atoms with Crippen molar-refractivity contribution >= 4 is 36.2 Å². The molecule has 1 aliphatic heterocycles. The van der Waals surface area contributed by atoms with Crippen molar-refractivity contribution in [2.45, 2.75) is 32.7 Å². The van der Waals surface area contributed by atoms with Gasteiger partial charge in [-0.25, -0.2) is 0 Å². The zero-order chi connectivity index (χ0) is 12.1. The molecule has 1 atom stereocenters. The Bertz CT molecular complexity index is 311. The van der Waals surface area contributed by atoms with Crippen molar-refractivity contribution in [2.75, 3.05) is 26.2 Å². The molecule has 19 heavy (non-hydrogen) atoms. The fraction of sp³-hybridized carbons (Fsp3) is 0.714. The number of hydrogen-bond acceptors (Lipinski definition) is 3. The van der Waals surface area contributed by atoms with Crippen molar-refractivity contribution in [3.8, 4) is 0 Å². The van der Waals surface area contributed by atoms with E-state index in [0.717, 1.165) is 19.0 Å². The number of hydrogen-bond donors (Lipinski definition) is 1. The van der Waals surface area contributed by atoms with Crippen LogP contribution in [0.4, 0.5) is 0 Å². The first kappa shape index (κ1) is 19.2. The number of rotatable bonds is 5. The molecule has 0 radical (unpaired) electrons. The molecule has 0 spiro atoms. The first-order valence-corrected chi connectivity index (χ1v) is 7.63. The van der Waals surface area contributed by atoms with Gasteiger partial charge in [0.05, 0.1) is 0 Å². The van der Waals surface area contributed by atoms with Gasteiger partial charge < -0.3 is 5.32 Å². The molecule has 2 heterocycles. The Balaban J connectivity index is 0.00000162. The molecule has 112 valence electrons. The maximum absolute atomic E-state index is 3.44. The molecule has 1 fully saturated rings. The first-order chi connectivity index (χ1) is 8.27. The van der Waals surface area contributed by atoms with Crippen LogP contribution >= 0.6 is 36.2 Å². The van der Waals surface area contributed by atoms with Gasteiger partial charge in [-0.2, -0.15) is 0 Å². The molecule has 1 aliphatic rings. The second kappa shape index (κ2) is 10.0. The number of thiophene rings is 1. The van der Waals surface area contributed by atoms with Gasteiger partial charge >= 0.3 is 0 Å². The Kier molecular flexibility index (Phi) is 10.1. The third kappa shape index (κ3) is 6.01. The monoisotopic (exact) mass is 324 g/mol. The maximum Gasteiger partial charge on any atom is 0.0442 e. The van der Waals surface area contributed by atoms with Gasteiger partial charge in [-0.3, -0.25) is 4.90 Å². The van der Waals surface area contributed by atoms with Gasteiger partial charge in [0, 0.05) is 37.1 Å². The zero-order valence-corrected chi connectivity index (χ0v) is 14.3. The van der Waals surface area contributed by atoms with Gasteiger partial charge in [0.1, 0.15) is 0 Å². The molecule has 2 rings (SSSR count). The number of nitrogens with one attached hydrogen (secondary N) is 1. The molecule has 0 saturated carbocycles. The van der Waals surface area contributed by atoms with Gasteiger partial charge in [0.2, 0.25) is 0 Å². The van der Waals surface area contributed by atoms with Crippen LogP contribution in [0.15, 0.2) is 17.5 Å². The highest BCUT2D eigenvalue weighted by Crippen LogP contribution is 2.30. The smallest absolute Gasteiger partial charge is 0.0442 e. The fourth-order valence-corrected chi connectivity index (χ4v) is 3.37. The SMILES string of the molecule is CC(C)CC[C@H](c1cccs1)N1CCNCC1.Cl.Cl. The standard InChI is InChI=1S/C14H24N2S.2ClH/c1-12(2)5-6-13(14-4-3-11-17-14)16-9-7-15-8-10-16;;/h3-4,11-13,15H,5-10H2,1-2H3;2*1H/t13-;;/m1../s1. The summed E-state index contributed by atoms with van der Waals surface area (Å²) in [6.45, 7) is 9.32. The second-order valence-corrected chi connectivity index (χ2v) is 6.27. The van der Waals surface area contributed by atoms with E-state index in [4.69, 9.17) is 0 Å². The van der Waals surface area contributed by atoms with E-state index < -0.39 is 0 Å². The summed E-state index contributed by atoms with van der Waals surface area (Å²) in [5, 5.41) is 5.65. The molecule has 5 heteroatoms. The molecule has 2 nitrogen and oxygen atoms in total. The Morgan fingerprint density at radius 2 is 1.89 bits per heavy atom. The minimum absolute atomic E-state index is 0. The van der Waals surface area contributed by atoms with Crippen molar-refractivity contribution in [1.29, 1.82) is 0 Å². The summed E-state index contributed by atoms with van der Waals surface area (Å²) in [6.07, 6.45) is 2.63. The maximum atomic E-state index is 3.44. The van der Waals surface area contributed by atoms with Crippen LogP contribution in [0.5, 0.6) is 0 Å². The fourth-order valence-electron chi connectivity index (χ4n) is 2.47. The predicted octanol–water partition coefficient (Wildman–Crippen LogP) is 3.97. The van der Waals surface area contributed by atoms with Gasteiger partial charge in [-0.15, -0.1) is 36.2 Å². The minimum Gasteiger partial charge on any atom is -0.314 e. The topological polar surface area (TPSA) is 15.3 Å². The average molecular weight is 325 g/mol. The number of nitrogens with zero attached hydrogens (tertiary/aromatic N) is 1. The number of piperazine rings is 1. The van der Waals surface area contributed by atoms with E-state index >= 15 is 0 Å². The Labute approximate surface area is 133 Å². The van der Waals surface area contributed by atoms with Crippen LogP contribution in [0.2, 0.25) is 0 Å². The average Bonchev–Trinajstić information content (AvgIpc) is 2.84. The quantitative estimate of drug-likeness (QED) is 0.881. The van der Waals surface area contributed by atoms with Crippen LogP contribution < -0.4 is 5.32 Å². The molecule has 0 aliphatic carbocycles. The van der Waals surface area contributed by atoms with Crippen molar-refractivity contribution in [1.82, 2.24) is 10.2 Å². The summed E-state index contributed by atoms with van der Waals surface area (Å²) in [5.74, 6) is 0.806. The molecule has 1 aromatic heterocycles. The largest absolute Gasteiger partial charge is 0.314 e. The van der Waals surface area contributed by atoms with E-state index in [-0.39, 0.29) is 24.8 Å². The highest BCUT2D eigenvalue weighted by Gasteiger charge is 2.22. The van der Waals surface area contributed by atoms with Crippen LogP contribution in [0.3, 0.4) is 0 Å². The van der Waals surface area contributed by atoms with E-state index in [1.54, 1.807) is 4.88 Å². The lowest BCUT2D eigenvalue weighted by Crippen LogP contribution is -2.45. The molecule has 0 aromatic carbocycles. The third-order valence-corrected chi connectivity index (χ3v) is 4.45. The van der Waals surface area contributed by atoms with E-state index in [1.165, 1.54) is 25.9 Å². The third-order valence-electron chi connectivity index (χ3n) is 3.48. The summed E-state index contributed by atoms with van der Waals surface area (Å²) in [6, 6.07) is 5.14. The number of halogens is 2. The van der Waals surface area contributed by atoms with Crippen molar-refractivity contribution in [3.05, 3.63) is 22.4 Å². The molecule has 1 saturated heterocycles. The van der Waals surface area contributed by atoms with E-state index in [2.05, 4.69) is 41.6 Å². The van der Waals surface area contributed by atoms with Crippen LogP contribution in [0.25, 0.3) is 0 Å². The molecule has 1 N–H and O–H groups in total. The van der Waals surface area contributed by atoms with Crippen molar-refractivity contribution in [2.24, 2.45) is 5.92 Å². The van der Waals surface area contributed by atoms with Crippen LogP contribution in [-0.2, 0) is 0 Å². The van der Waals surface area contributed by atoms with E-state index in [1.807, 2.05) is 11.3 Å². The van der Waals surface area contributed by atoms with Crippen LogP contribution in [-0.4, -0.2) is 31.1 Å². The van der Waals surface area contributed by atoms with Gasteiger partial charge in [0.15, 0.2) is 0 Å². The van der Waals surface area contributed by atoms with E-state index in [0.29, 0.717) is 6.04 Å². The first-order valence-electron chi connectivity index (χ1n) is 6.75. The normalized spacial score (nSPS) is 17.6.